The van der Waals surface area contributed by atoms with Crippen LogP contribution >= 0.6 is 0 Å². The summed E-state index contributed by atoms with van der Waals surface area (Å²) in [6.45, 7) is 7.57. The van der Waals surface area contributed by atoms with Gasteiger partial charge < -0.3 is 10.1 Å². The minimum absolute atomic E-state index is 0.0157. The number of nitrogens with one attached hydrogen (secondary N) is 1. The Kier molecular flexibility index (Phi) is 6.29. The van der Waals surface area contributed by atoms with E-state index in [1.54, 1.807) is 12.1 Å². The average molecular weight is 266 g/mol. The summed E-state index contributed by atoms with van der Waals surface area (Å²) < 4.78 is 5.70. The van der Waals surface area contributed by atoms with Crippen LogP contribution in [0.1, 0.15) is 39.2 Å². The van der Waals surface area contributed by atoms with Gasteiger partial charge in [0.2, 0.25) is 0 Å². The van der Waals surface area contributed by atoms with Crippen molar-refractivity contribution in [1.82, 2.24) is 5.32 Å². The van der Waals surface area contributed by atoms with E-state index < -0.39 is 4.92 Å². The van der Waals surface area contributed by atoms with Gasteiger partial charge in [-0.3, -0.25) is 10.1 Å². The zero-order valence-electron chi connectivity index (χ0n) is 11.8. The molecule has 5 nitrogen and oxygen atoms in total. The SMILES string of the molecule is CCCC(C)Oc1cc(CNCC)ccc1[N+](=O)[O-]. The van der Waals surface area contributed by atoms with Crippen molar-refractivity contribution in [1.29, 1.82) is 0 Å². The number of hydrogen-bond acceptors (Lipinski definition) is 4. The Bertz CT molecular complexity index is 421. The summed E-state index contributed by atoms with van der Waals surface area (Å²) in [4.78, 5) is 10.6. The number of rotatable bonds is 8. The zero-order valence-corrected chi connectivity index (χ0v) is 11.8. The molecule has 0 saturated heterocycles. The summed E-state index contributed by atoms with van der Waals surface area (Å²) in [7, 11) is 0. The normalized spacial score (nSPS) is 12.2. The van der Waals surface area contributed by atoms with Crippen LogP contribution < -0.4 is 10.1 Å². The molecule has 0 bridgehead atoms. The number of ether oxygens (including phenoxy) is 1. The van der Waals surface area contributed by atoms with Gasteiger partial charge in [0, 0.05) is 12.6 Å². The minimum Gasteiger partial charge on any atom is -0.484 e. The third kappa shape index (κ3) is 4.87. The van der Waals surface area contributed by atoms with Crippen LogP contribution in [0, 0.1) is 10.1 Å². The lowest BCUT2D eigenvalue weighted by Gasteiger charge is -2.14. The predicted octanol–water partition coefficient (Wildman–Crippen LogP) is 3.27. The van der Waals surface area contributed by atoms with Crippen molar-refractivity contribution in [2.75, 3.05) is 6.54 Å². The van der Waals surface area contributed by atoms with E-state index >= 15 is 0 Å². The molecule has 1 rings (SSSR count). The topological polar surface area (TPSA) is 64.4 Å². The molecule has 1 unspecified atom stereocenters. The van der Waals surface area contributed by atoms with Crippen LogP contribution in [-0.4, -0.2) is 17.6 Å². The second kappa shape index (κ2) is 7.74. The highest BCUT2D eigenvalue weighted by atomic mass is 16.6. The van der Waals surface area contributed by atoms with Gasteiger partial charge in [0.15, 0.2) is 5.75 Å². The quantitative estimate of drug-likeness (QED) is 0.579. The standard InChI is InChI=1S/C14H22N2O3/c1-4-6-11(3)19-14-9-12(10-15-5-2)7-8-13(14)16(17)18/h7-9,11,15H,4-6,10H2,1-3H3. The Labute approximate surface area is 114 Å². The first kappa shape index (κ1) is 15.4. The van der Waals surface area contributed by atoms with Gasteiger partial charge in [-0.1, -0.05) is 26.3 Å². The molecule has 0 aromatic heterocycles. The van der Waals surface area contributed by atoms with E-state index in [2.05, 4.69) is 12.2 Å². The molecule has 1 aromatic rings. The summed E-state index contributed by atoms with van der Waals surface area (Å²) in [5.74, 6) is 0.362. The van der Waals surface area contributed by atoms with Crippen molar-refractivity contribution in [3.8, 4) is 5.75 Å². The van der Waals surface area contributed by atoms with E-state index in [4.69, 9.17) is 4.74 Å². The minimum atomic E-state index is -0.398. The van der Waals surface area contributed by atoms with Gasteiger partial charge in [0.05, 0.1) is 11.0 Å². The summed E-state index contributed by atoms with van der Waals surface area (Å²) in [6.07, 6.45) is 1.86. The zero-order chi connectivity index (χ0) is 14.3. The maximum Gasteiger partial charge on any atom is 0.310 e. The number of benzene rings is 1. The van der Waals surface area contributed by atoms with E-state index in [1.807, 2.05) is 13.8 Å². The van der Waals surface area contributed by atoms with Crippen LogP contribution in [0.4, 0.5) is 5.69 Å². The van der Waals surface area contributed by atoms with Gasteiger partial charge in [-0.15, -0.1) is 0 Å². The first-order valence-corrected chi connectivity index (χ1v) is 6.73. The van der Waals surface area contributed by atoms with Gasteiger partial charge >= 0.3 is 5.69 Å². The summed E-state index contributed by atoms with van der Waals surface area (Å²) >= 11 is 0. The Morgan fingerprint density at radius 2 is 2.16 bits per heavy atom. The molecule has 0 heterocycles. The third-order valence-electron chi connectivity index (χ3n) is 2.82. The fourth-order valence-corrected chi connectivity index (χ4v) is 1.87. The first-order chi connectivity index (χ1) is 9.08. The molecule has 0 spiro atoms. The fourth-order valence-electron chi connectivity index (χ4n) is 1.87. The second-order valence-corrected chi connectivity index (χ2v) is 4.56. The second-order valence-electron chi connectivity index (χ2n) is 4.56. The largest absolute Gasteiger partial charge is 0.484 e. The van der Waals surface area contributed by atoms with Crippen LogP contribution in [-0.2, 0) is 6.54 Å². The maximum atomic E-state index is 11.0. The molecule has 0 saturated carbocycles. The molecule has 0 amide bonds. The lowest BCUT2D eigenvalue weighted by atomic mass is 10.1. The Hall–Kier alpha value is -1.62. The lowest BCUT2D eigenvalue weighted by Crippen LogP contribution is -2.14. The molecule has 0 radical (unpaired) electrons. The van der Waals surface area contributed by atoms with Gasteiger partial charge in [-0.05, 0) is 31.5 Å². The van der Waals surface area contributed by atoms with Crippen LogP contribution in [0.5, 0.6) is 5.75 Å². The van der Waals surface area contributed by atoms with Crippen LogP contribution in [0.2, 0.25) is 0 Å². The molecule has 106 valence electrons. The van der Waals surface area contributed by atoms with Crippen molar-refractivity contribution in [2.24, 2.45) is 0 Å². The van der Waals surface area contributed by atoms with Crippen molar-refractivity contribution in [3.63, 3.8) is 0 Å². The molecule has 0 aliphatic carbocycles. The van der Waals surface area contributed by atoms with Gasteiger partial charge in [0.1, 0.15) is 0 Å². The first-order valence-electron chi connectivity index (χ1n) is 6.73. The van der Waals surface area contributed by atoms with E-state index in [9.17, 15) is 10.1 Å². The smallest absolute Gasteiger partial charge is 0.310 e. The van der Waals surface area contributed by atoms with Crippen molar-refractivity contribution < 1.29 is 9.66 Å². The highest BCUT2D eigenvalue weighted by Gasteiger charge is 2.17. The van der Waals surface area contributed by atoms with E-state index in [0.29, 0.717) is 12.3 Å². The Balaban J connectivity index is 2.91. The summed E-state index contributed by atoms with van der Waals surface area (Å²) in [6, 6.07) is 5.03. The molecule has 19 heavy (non-hydrogen) atoms. The van der Waals surface area contributed by atoms with E-state index in [-0.39, 0.29) is 11.8 Å². The molecule has 1 atom stereocenters. The molecule has 0 aliphatic rings. The average Bonchev–Trinajstić information content (AvgIpc) is 2.36. The molecule has 0 aliphatic heterocycles. The molecule has 1 N–H and O–H groups in total. The molecule has 1 aromatic carbocycles. The van der Waals surface area contributed by atoms with Crippen molar-refractivity contribution in [2.45, 2.75) is 46.3 Å². The van der Waals surface area contributed by atoms with Gasteiger partial charge in [-0.25, -0.2) is 0 Å². The monoisotopic (exact) mass is 266 g/mol. The van der Waals surface area contributed by atoms with Crippen LogP contribution in [0.15, 0.2) is 18.2 Å². The highest BCUT2D eigenvalue weighted by Crippen LogP contribution is 2.29. The summed E-state index contributed by atoms with van der Waals surface area (Å²) in [5.41, 5.74) is 1.02. The third-order valence-corrected chi connectivity index (χ3v) is 2.82. The number of hydrogen-bond donors (Lipinski definition) is 1. The molecular formula is C14H22N2O3. The summed E-state index contributed by atoms with van der Waals surface area (Å²) in [5, 5.41) is 14.2. The van der Waals surface area contributed by atoms with Gasteiger partial charge in [0.25, 0.3) is 0 Å². The van der Waals surface area contributed by atoms with Gasteiger partial charge in [-0.2, -0.15) is 0 Å². The lowest BCUT2D eigenvalue weighted by molar-refractivity contribution is -0.386. The number of nitro benzene ring substituents is 1. The highest BCUT2D eigenvalue weighted by molar-refractivity contribution is 5.48. The molecule has 5 heteroatoms. The molecule has 0 fully saturated rings. The Morgan fingerprint density at radius 1 is 1.42 bits per heavy atom. The van der Waals surface area contributed by atoms with Crippen LogP contribution in [0.3, 0.4) is 0 Å². The molecular weight excluding hydrogens is 244 g/mol. The Morgan fingerprint density at radius 3 is 2.74 bits per heavy atom. The van der Waals surface area contributed by atoms with Crippen LogP contribution in [0.25, 0.3) is 0 Å². The van der Waals surface area contributed by atoms with E-state index in [0.717, 1.165) is 24.9 Å². The predicted molar refractivity (Wildman–Crippen MR) is 75.5 cm³/mol. The number of nitrogens with zero attached hydrogens (tertiary/aromatic N) is 1. The van der Waals surface area contributed by atoms with Crippen molar-refractivity contribution in [3.05, 3.63) is 33.9 Å². The fraction of sp³-hybridized carbons (Fsp3) is 0.571. The van der Waals surface area contributed by atoms with Crippen molar-refractivity contribution >= 4 is 5.69 Å². The number of nitro groups is 1. The maximum absolute atomic E-state index is 11.0. The van der Waals surface area contributed by atoms with E-state index in [1.165, 1.54) is 6.07 Å².